The molecule has 0 aromatic carbocycles. The minimum absolute atomic E-state index is 0.451. The Bertz CT molecular complexity index is 155. The smallest absolute Gasteiger partial charge is 0.0634 e. The van der Waals surface area contributed by atoms with Gasteiger partial charge in [-0.05, 0) is 13.0 Å². The normalized spacial score (nSPS) is 23.2. The molecule has 3 heteroatoms. The van der Waals surface area contributed by atoms with Gasteiger partial charge >= 0.3 is 0 Å². The summed E-state index contributed by atoms with van der Waals surface area (Å²) in [7, 11) is 0. The van der Waals surface area contributed by atoms with Crippen LogP contribution in [0, 0.1) is 0 Å². The number of hydrogen-bond acceptors (Lipinski definition) is 2. The SMILES string of the molecule is CCCCCCCN1CCOCC1CCl. The molecule has 0 aromatic heterocycles. The lowest BCUT2D eigenvalue weighted by Gasteiger charge is -2.34. The Morgan fingerprint density at radius 2 is 2.07 bits per heavy atom. The van der Waals surface area contributed by atoms with Gasteiger partial charge in [-0.15, -0.1) is 11.6 Å². The molecule has 0 bridgehead atoms. The quantitative estimate of drug-likeness (QED) is 0.495. The Kier molecular flexibility index (Phi) is 7.41. The average molecular weight is 234 g/mol. The molecule has 1 saturated heterocycles. The van der Waals surface area contributed by atoms with Crippen molar-refractivity contribution in [2.24, 2.45) is 0 Å². The molecule has 90 valence electrons. The highest BCUT2D eigenvalue weighted by Crippen LogP contribution is 2.11. The first kappa shape index (κ1) is 13.3. The summed E-state index contributed by atoms with van der Waals surface area (Å²) in [5, 5.41) is 0. The Labute approximate surface area is 98.9 Å². The van der Waals surface area contributed by atoms with E-state index in [0.29, 0.717) is 11.9 Å². The molecule has 2 nitrogen and oxygen atoms in total. The van der Waals surface area contributed by atoms with Crippen molar-refractivity contribution >= 4 is 11.6 Å². The highest BCUT2D eigenvalue weighted by Gasteiger charge is 2.20. The number of halogens is 1. The van der Waals surface area contributed by atoms with E-state index in [0.717, 1.165) is 19.8 Å². The summed E-state index contributed by atoms with van der Waals surface area (Å²) in [4.78, 5) is 2.49. The van der Waals surface area contributed by atoms with Crippen LogP contribution in [-0.4, -0.2) is 43.1 Å². The Morgan fingerprint density at radius 1 is 1.27 bits per heavy atom. The van der Waals surface area contributed by atoms with Crippen LogP contribution in [0.15, 0.2) is 0 Å². The van der Waals surface area contributed by atoms with Gasteiger partial charge in [0.15, 0.2) is 0 Å². The van der Waals surface area contributed by atoms with Gasteiger partial charge in [-0.3, -0.25) is 4.90 Å². The highest BCUT2D eigenvalue weighted by atomic mass is 35.5. The van der Waals surface area contributed by atoms with Crippen LogP contribution in [0.1, 0.15) is 39.0 Å². The second-order valence-corrected chi connectivity index (χ2v) is 4.64. The van der Waals surface area contributed by atoms with E-state index in [-0.39, 0.29) is 0 Å². The lowest BCUT2D eigenvalue weighted by molar-refractivity contribution is 0.000396. The lowest BCUT2D eigenvalue weighted by atomic mass is 10.1. The van der Waals surface area contributed by atoms with Crippen LogP contribution < -0.4 is 0 Å². The van der Waals surface area contributed by atoms with Crippen LogP contribution in [0.5, 0.6) is 0 Å². The monoisotopic (exact) mass is 233 g/mol. The van der Waals surface area contributed by atoms with Crippen LogP contribution in [0.3, 0.4) is 0 Å². The molecule has 1 rings (SSSR count). The molecule has 0 saturated carbocycles. The second kappa shape index (κ2) is 8.37. The zero-order valence-corrected chi connectivity index (χ0v) is 10.6. The standard InChI is InChI=1S/C12H24ClNO/c1-2-3-4-5-6-7-14-8-9-15-11-12(14)10-13/h12H,2-11H2,1H3. The van der Waals surface area contributed by atoms with E-state index in [4.69, 9.17) is 16.3 Å². The first-order valence-electron chi connectivity index (χ1n) is 6.26. The van der Waals surface area contributed by atoms with Crippen LogP contribution >= 0.6 is 11.6 Å². The van der Waals surface area contributed by atoms with Crippen LogP contribution in [0.2, 0.25) is 0 Å². The Hall–Kier alpha value is 0.210. The summed E-state index contributed by atoms with van der Waals surface area (Å²) >= 11 is 5.92. The number of alkyl halides is 1. The third-order valence-electron chi connectivity index (χ3n) is 3.08. The third-order valence-corrected chi connectivity index (χ3v) is 3.43. The molecule has 0 N–H and O–H groups in total. The zero-order chi connectivity index (χ0) is 10.9. The van der Waals surface area contributed by atoms with Gasteiger partial charge in [0.05, 0.1) is 13.2 Å². The van der Waals surface area contributed by atoms with Crippen molar-refractivity contribution in [3.63, 3.8) is 0 Å². The number of ether oxygens (including phenoxy) is 1. The zero-order valence-electron chi connectivity index (χ0n) is 9.88. The maximum Gasteiger partial charge on any atom is 0.0634 e. The molecular weight excluding hydrogens is 210 g/mol. The number of morpholine rings is 1. The number of unbranched alkanes of at least 4 members (excludes halogenated alkanes) is 4. The number of hydrogen-bond donors (Lipinski definition) is 0. The lowest BCUT2D eigenvalue weighted by Crippen LogP contribution is -2.46. The van der Waals surface area contributed by atoms with Gasteiger partial charge in [0.1, 0.15) is 0 Å². The summed E-state index contributed by atoms with van der Waals surface area (Å²) in [5.74, 6) is 0.703. The summed E-state index contributed by atoms with van der Waals surface area (Å²) in [5.41, 5.74) is 0. The maximum atomic E-state index is 5.92. The van der Waals surface area contributed by atoms with Crippen molar-refractivity contribution in [2.75, 3.05) is 32.2 Å². The molecule has 1 fully saturated rings. The van der Waals surface area contributed by atoms with Crippen molar-refractivity contribution in [3.05, 3.63) is 0 Å². The average Bonchev–Trinajstić information content (AvgIpc) is 2.29. The molecule has 0 amide bonds. The molecule has 0 spiro atoms. The number of nitrogens with zero attached hydrogens (tertiary/aromatic N) is 1. The molecular formula is C12H24ClNO. The predicted molar refractivity (Wildman–Crippen MR) is 65.7 cm³/mol. The molecule has 1 heterocycles. The topological polar surface area (TPSA) is 12.5 Å². The molecule has 1 unspecified atom stereocenters. The van der Waals surface area contributed by atoms with Crippen LogP contribution in [-0.2, 0) is 4.74 Å². The largest absolute Gasteiger partial charge is 0.378 e. The summed E-state index contributed by atoms with van der Waals surface area (Å²) in [6.45, 7) is 6.21. The molecule has 1 atom stereocenters. The van der Waals surface area contributed by atoms with Gasteiger partial charge in [-0.1, -0.05) is 32.6 Å². The van der Waals surface area contributed by atoms with Crippen molar-refractivity contribution in [1.29, 1.82) is 0 Å². The second-order valence-electron chi connectivity index (χ2n) is 4.33. The van der Waals surface area contributed by atoms with E-state index >= 15 is 0 Å². The predicted octanol–water partition coefficient (Wildman–Crippen LogP) is 2.90. The molecule has 0 aromatic rings. The molecule has 15 heavy (non-hydrogen) atoms. The van der Waals surface area contributed by atoms with E-state index in [1.807, 2.05) is 0 Å². The molecule has 0 radical (unpaired) electrons. The van der Waals surface area contributed by atoms with Crippen molar-refractivity contribution < 1.29 is 4.74 Å². The van der Waals surface area contributed by atoms with Crippen molar-refractivity contribution in [2.45, 2.75) is 45.1 Å². The summed E-state index contributed by atoms with van der Waals surface area (Å²) in [6.07, 6.45) is 6.75. The fourth-order valence-corrected chi connectivity index (χ4v) is 2.33. The van der Waals surface area contributed by atoms with Gasteiger partial charge in [0, 0.05) is 18.5 Å². The van der Waals surface area contributed by atoms with Gasteiger partial charge in [0.2, 0.25) is 0 Å². The highest BCUT2D eigenvalue weighted by molar-refractivity contribution is 6.18. The fraction of sp³-hybridized carbons (Fsp3) is 1.00. The molecule has 1 aliphatic rings. The van der Waals surface area contributed by atoms with Crippen molar-refractivity contribution in [3.8, 4) is 0 Å². The summed E-state index contributed by atoms with van der Waals surface area (Å²) in [6, 6.07) is 0.451. The first-order chi connectivity index (χ1) is 7.38. The molecule has 1 aliphatic heterocycles. The van der Waals surface area contributed by atoms with Crippen LogP contribution in [0.25, 0.3) is 0 Å². The van der Waals surface area contributed by atoms with Gasteiger partial charge in [0.25, 0.3) is 0 Å². The van der Waals surface area contributed by atoms with E-state index in [1.165, 1.54) is 38.6 Å². The third kappa shape index (κ3) is 5.19. The first-order valence-corrected chi connectivity index (χ1v) is 6.79. The number of rotatable bonds is 7. The van der Waals surface area contributed by atoms with E-state index in [2.05, 4.69) is 11.8 Å². The Balaban J connectivity index is 2.07. The maximum absolute atomic E-state index is 5.92. The van der Waals surface area contributed by atoms with Crippen LogP contribution in [0.4, 0.5) is 0 Å². The van der Waals surface area contributed by atoms with Crippen molar-refractivity contribution in [1.82, 2.24) is 4.90 Å². The summed E-state index contributed by atoms with van der Waals surface area (Å²) < 4.78 is 5.42. The molecule has 0 aliphatic carbocycles. The fourth-order valence-electron chi connectivity index (χ4n) is 2.04. The van der Waals surface area contributed by atoms with E-state index < -0.39 is 0 Å². The van der Waals surface area contributed by atoms with E-state index in [1.54, 1.807) is 0 Å². The Morgan fingerprint density at radius 3 is 2.80 bits per heavy atom. The van der Waals surface area contributed by atoms with Gasteiger partial charge in [-0.2, -0.15) is 0 Å². The minimum atomic E-state index is 0.451. The minimum Gasteiger partial charge on any atom is -0.378 e. The van der Waals surface area contributed by atoms with Gasteiger partial charge in [-0.25, -0.2) is 0 Å². The van der Waals surface area contributed by atoms with Gasteiger partial charge < -0.3 is 4.74 Å². The van der Waals surface area contributed by atoms with E-state index in [9.17, 15) is 0 Å².